The zero-order chi connectivity index (χ0) is 20.4. The number of nitro groups is 1. The molecule has 1 amide bonds. The van der Waals surface area contributed by atoms with Gasteiger partial charge in [0.05, 0.1) is 16.2 Å². The summed E-state index contributed by atoms with van der Waals surface area (Å²) in [6.07, 6.45) is 0. The summed E-state index contributed by atoms with van der Waals surface area (Å²) in [6.45, 7) is 3.04. The van der Waals surface area contributed by atoms with E-state index in [4.69, 9.17) is 0 Å². The normalized spacial score (nSPS) is 10.5. The number of aromatic nitrogens is 2. The maximum Gasteiger partial charge on any atom is 0.280 e. The lowest BCUT2D eigenvalue weighted by Gasteiger charge is -2.12. The van der Waals surface area contributed by atoms with Crippen LogP contribution in [0.15, 0.2) is 53.3 Å². The summed E-state index contributed by atoms with van der Waals surface area (Å²) in [5.41, 5.74) is -0.427. The third-order valence-corrected chi connectivity index (χ3v) is 4.15. The SMILES string of the molecule is Cc1c(NC(=O)c2nn(-c3ccccc3F)c(C)cc2=O)cccc1[N+](=O)[O-]. The molecule has 1 heterocycles. The van der Waals surface area contributed by atoms with Crippen molar-refractivity contribution in [3.8, 4) is 5.69 Å². The summed E-state index contributed by atoms with van der Waals surface area (Å²) in [6, 6.07) is 11.2. The van der Waals surface area contributed by atoms with Crippen molar-refractivity contribution >= 4 is 17.3 Å². The number of nitrogens with one attached hydrogen (secondary N) is 1. The second kappa shape index (κ2) is 7.39. The maximum absolute atomic E-state index is 14.1. The van der Waals surface area contributed by atoms with Crippen molar-refractivity contribution in [2.75, 3.05) is 5.32 Å². The Balaban J connectivity index is 2.03. The highest BCUT2D eigenvalue weighted by atomic mass is 19.1. The van der Waals surface area contributed by atoms with Crippen LogP contribution in [-0.2, 0) is 0 Å². The van der Waals surface area contributed by atoms with Gasteiger partial charge in [-0.2, -0.15) is 5.10 Å². The van der Waals surface area contributed by atoms with E-state index in [9.17, 15) is 24.1 Å². The Morgan fingerprint density at radius 1 is 1.18 bits per heavy atom. The van der Waals surface area contributed by atoms with Crippen molar-refractivity contribution in [1.82, 2.24) is 9.78 Å². The lowest BCUT2D eigenvalue weighted by Crippen LogP contribution is -2.27. The predicted molar refractivity (Wildman–Crippen MR) is 100 cm³/mol. The third-order valence-electron chi connectivity index (χ3n) is 4.15. The minimum Gasteiger partial charge on any atom is -0.320 e. The molecule has 9 heteroatoms. The van der Waals surface area contributed by atoms with E-state index in [0.717, 1.165) is 4.68 Å². The molecule has 0 saturated carbocycles. The van der Waals surface area contributed by atoms with Crippen molar-refractivity contribution < 1.29 is 14.1 Å². The fourth-order valence-corrected chi connectivity index (χ4v) is 2.71. The van der Waals surface area contributed by atoms with E-state index in [-0.39, 0.29) is 22.6 Å². The van der Waals surface area contributed by atoms with Crippen molar-refractivity contribution in [2.24, 2.45) is 0 Å². The van der Waals surface area contributed by atoms with E-state index in [2.05, 4.69) is 10.4 Å². The van der Waals surface area contributed by atoms with Crippen LogP contribution in [-0.4, -0.2) is 20.6 Å². The first-order chi connectivity index (χ1) is 13.3. The highest BCUT2D eigenvalue weighted by Gasteiger charge is 2.20. The first-order valence-electron chi connectivity index (χ1n) is 8.21. The Morgan fingerprint density at radius 2 is 1.89 bits per heavy atom. The van der Waals surface area contributed by atoms with Crippen molar-refractivity contribution in [3.63, 3.8) is 0 Å². The molecule has 0 aliphatic rings. The number of carbonyl (C=O) groups is 1. The zero-order valence-electron chi connectivity index (χ0n) is 15.0. The number of aryl methyl sites for hydroxylation is 1. The second-order valence-electron chi connectivity index (χ2n) is 6.02. The Morgan fingerprint density at radius 3 is 2.57 bits per heavy atom. The highest BCUT2D eigenvalue weighted by molar-refractivity contribution is 6.03. The Kier molecular flexibility index (Phi) is 4.99. The topological polar surface area (TPSA) is 107 Å². The number of amides is 1. The lowest BCUT2D eigenvalue weighted by atomic mass is 10.1. The van der Waals surface area contributed by atoms with Gasteiger partial charge in [-0.15, -0.1) is 0 Å². The molecule has 0 saturated heterocycles. The number of nitro benzene ring substituents is 1. The lowest BCUT2D eigenvalue weighted by molar-refractivity contribution is -0.385. The summed E-state index contributed by atoms with van der Waals surface area (Å²) in [4.78, 5) is 35.3. The molecular weight excluding hydrogens is 367 g/mol. The molecule has 0 spiro atoms. The van der Waals surface area contributed by atoms with Gasteiger partial charge in [-0.1, -0.05) is 18.2 Å². The molecule has 0 atom stereocenters. The van der Waals surface area contributed by atoms with Crippen LogP contribution >= 0.6 is 0 Å². The number of halogens is 1. The summed E-state index contributed by atoms with van der Waals surface area (Å²) >= 11 is 0. The van der Waals surface area contributed by atoms with E-state index in [1.54, 1.807) is 13.0 Å². The molecule has 0 aliphatic heterocycles. The third kappa shape index (κ3) is 3.50. The molecule has 0 radical (unpaired) electrons. The molecule has 3 aromatic rings. The predicted octanol–water partition coefficient (Wildman–Crippen LogP) is 3.15. The fraction of sp³-hybridized carbons (Fsp3) is 0.105. The standard InChI is InChI=1S/C19H15FN4O4/c1-11-10-17(25)18(22-23(11)16-8-4-3-6-13(16)20)19(26)21-14-7-5-9-15(12(14)2)24(27)28/h3-10H,1-2H3,(H,21,26). The summed E-state index contributed by atoms with van der Waals surface area (Å²) < 4.78 is 15.3. The number of rotatable bonds is 4. The number of nitrogens with zero attached hydrogens (tertiary/aromatic N) is 3. The van der Waals surface area contributed by atoms with E-state index in [1.165, 1.54) is 49.4 Å². The van der Waals surface area contributed by atoms with Gasteiger partial charge in [0.1, 0.15) is 11.5 Å². The number of hydrogen-bond acceptors (Lipinski definition) is 5. The van der Waals surface area contributed by atoms with E-state index >= 15 is 0 Å². The van der Waals surface area contributed by atoms with Gasteiger partial charge < -0.3 is 5.32 Å². The highest BCUT2D eigenvalue weighted by Crippen LogP contribution is 2.25. The Labute approximate surface area is 158 Å². The Hall–Kier alpha value is -3.88. The van der Waals surface area contributed by atoms with Crippen molar-refractivity contribution in [3.05, 3.63) is 91.6 Å². The van der Waals surface area contributed by atoms with Crippen molar-refractivity contribution in [2.45, 2.75) is 13.8 Å². The average molecular weight is 382 g/mol. The molecule has 0 bridgehead atoms. The van der Waals surface area contributed by atoms with Gasteiger partial charge in [-0.3, -0.25) is 19.7 Å². The van der Waals surface area contributed by atoms with Gasteiger partial charge in [0, 0.05) is 17.8 Å². The quantitative estimate of drug-likeness (QED) is 0.551. The zero-order valence-corrected chi connectivity index (χ0v) is 15.0. The van der Waals surface area contributed by atoms with Gasteiger partial charge in [0.25, 0.3) is 11.6 Å². The molecule has 0 aliphatic carbocycles. The first-order valence-corrected chi connectivity index (χ1v) is 8.21. The van der Waals surface area contributed by atoms with Crippen LogP contribution in [0.25, 0.3) is 5.69 Å². The van der Waals surface area contributed by atoms with Gasteiger partial charge in [0.15, 0.2) is 5.69 Å². The maximum atomic E-state index is 14.1. The minimum absolute atomic E-state index is 0.0839. The van der Waals surface area contributed by atoms with Crippen LogP contribution < -0.4 is 10.7 Å². The molecule has 28 heavy (non-hydrogen) atoms. The smallest absolute Gasteiger partial charge is 0.280 e. The number of hydrogen-bond donors (Lipinski definition) is 1. The number of benzene rings is 2. The molecule has 8 nitrogen and oxygen atoms in total. The van der Waals surface area contributed by atoms with Crippen molar-refractivity contribution in [1.29, 1.82) is 0 Å². The molecular formula is C19H15FN4O4. The summed E-state index contributed by atoms with van der Waals surface area (Å²) in [5, 5.41) is 17.5. The second-order valence-corrected chi connectivity index (χ2v) is 6.02. The molecule has 2 aromatic carbocycles. The van der Waals surface area contributed by atoms with Gasteiger partial charge in [0.2, 0.25) is 5.43 Å². The van der Waals surface area contributed by atoms with E-state index < -0.39 is 27.8 Å². The van der Waals surface area contributed by atoms with Crippen LogP contribution in [0.4, 0.5) is 15.8 Å². The fourth-order valence-electron chi connectivity index (χ4n) is 2.71. The van der Waals surface area contributed by atoms with Crippen LogP contribution in [0, 0.1) is 29.8 Å². The number of carbonyl (C=O) groups excluding carboxylic acids is 1. The monoisotopic (exact) mass is 382 g/mol. The summed E-state index contributed by atoms with van der Waals surface area (Å²) in [7, 11) is 0. The molecule has 142 valence electrons. The van der Waals surface area contributed by atoms with E-state index in [0.29, 0.717) is 5.69 Å². The molecule has 0 fully saturated rings. The van der Waals surface area contributed by atoms with Crippen LogP contribution in [0.3, 0.4) is 0 Å². The van der Waals surface area contributed by atoms with Gasteiger partial charge >= 0.3 is 0 Å². The molecule has 1 aromatic heterocycles. The van der Waals surface area contributed by atoms with Gasteiger partial charge in [-0.05, 0) is 32.0 Å². The van der Waals surface area contributed by atoms with Crippen LogP contribution in [0.2, 0.25) is 0 Å². The summed E-state index contributed by atoms with van der Waals surface area (Å²) in [5.74, 6) is -1.42. The van der Waals surface area contributed by atoms with Gasteiger partial charge in [-0.25, -0.2) is 9.07 Å². The minimum atomic E-state index is -0.848. The molecule has 3 rings (SSSR count). The van der Waals surface area contributed by atoms with Crippen LogP contribution in [0.5, 0.6) is 0 Å². The molecule has 1 N–H and O–H groups in total. The first kappa shape index (κ1) is 18.9. The molecule has 0 unspecified atom stereocenters. The van der Waals surface area contributed by atoms with E-state index in [1.807, 2.05) is 0 Å². The van der Waals surface area contributed by atoms with Crippen LogP contribution in [0.1, 0.15) is 21.7 Å². The largest absolute Gasteiger partial charge is 0.320 e. The number of para-hydroxylation sites is 1. The number of anilines is 1. The Bertz CT molecular complexity index is 1160. The average Bonchev–Trinajstić information content (AvgIpc) is 2.64.